The summed E-state index contributed by atoms with van der Waals surface area (Å²) in [5, 5.41) is 17.4. The molecule has 4 aliphatic carbocycles. The number of allylic oxidation sites excluding steroid dienone is 2. The number of aromatic nitrogens is 2. The average Bonchev–Trinajstić information content (AvgIpc) is 1.64. The number of amidine groups is 2. The molecule has 4 fully saturated rings. The Balaban J connectivity index is 0.000000549. The Bertz CT molecular complexity index is 4040. The number of aliphatic imine (C=N–C) groups is 2. The van der Waals surface area contributed by atoms with E-state index in [4.69, 9.17) is 53.9 Å². The fourth-order valence-electron chi connectivity index (χ4n) is 16.8. The minimum atomic E-state index is -4.35. The van der Waals surface area contributed by atoms with Crippen LogP contribution in [0.2, 0.25) is 0 Å². The van der Waals surface area contributed by atoms with Gasteiger partial charge in [0.25, 0.3) is 5.97 Å². The number of nitrogens with zero attached hydrogens (tertiary/aromatic N) is 3. The van der Waals surface area contributed by atoms with Crippen molar-refractivity contribution in [2.75, 3.05) is 33.6 Å². The third kappa shape index (κ3) is 34.3. The van der Waals surface area contributed by atoms with Crippen molar-refractivity contribution in [2.24, 2.45) is 81.0 Å². The van der Waals surface area contributed by atoms with Crippen LogP contribution < -0.4 is 55.8 Å². The van der Waals surface area contributed by atoms with Gasteiger partial charge in [-0.2, -0.15) is 0 Å². The van der Waals surface area contributed by atoms with Crippen LogP contribution in [0.25, 0.3) is 12.2 Å². The van der Waals surface area contributed by atoms with E-state index in [2.05, 4.69) is 118 Å². The monoisotopic (exact) mass is 1850 g/mol. The quantitative estimate of drug-likeness (QED) is 0.00748. The molecule has 3 aromatic rings. The first kappa shape index (κ1) is 108. The molecule has 37 heteroatoms. The van der Waals surface area contributed by atoms with Gasteiger partial charge in [-0.1, -0.05) is 88.9 Å². The van der Waals surface area contributed by atoms with Gasteiger partial charge in [-0.15, -0.1) is 30.4 Å². The number of carboxylic acids is 1. The number of thioether (sulfide) groups is 2. The molecular weight excluding hydrogens is 1730 g/mol. The molecule has 0 bridgehead atoms. The number of anilines is 2. The Labute approximate surface area is 758 Å². The van der Waals surface area contributed by atoms with Crippen LogP contribution >= 0.6 is 23.5 Å². The zero-order chi connectivity index (χ0) is 86.7. The van der Waals surface area contributed by atoms with E-state index in [0.29, 0.717) is 110 Å². The molecule has 6 N–H and O–H groups in total. The van der Waals surface area contributed by atoms with Crippen molar-refractivity contribution in [3.8, 4) is 0 Å². The number of amides is 4. The number of hydrogen-bond donors (Lipinski definition) is 6. The molecule has 9 rings (SSSR count). The van der Waals surface area contributed by atoms with Gasteiger partial charge in [0.15, 0.2) is 0 Å². The van der Waals surface area contributed by atoms with Gasteiger partial charge in [0.2, 0.25) is 17.7 Å². The maximum atomic E-state index is 14.0. The number of ether oxygens (including phenoxy) is 2. The van der Waals surface area contributed by atoms with E-state index in [9.17, 15) is 54.7 Å². The summed E-state index contributed by atoms with van der Waals surface area (Å²) in [5.41, 5.74) is 6.02. The fourth-order valence-corrected chi connectivity index (χ4v) is 19.9. The van der Waals surface area contributed by atoms with Crippen LogP contribution in [0.5, 0.6) is 0 Å². The summed E-state index contributed by atoms with van der Waals surface area (Å²) in [6.07, 6.45) is 10.9. The predicted octanol–water partition coefficient (Wildman–Crippen LogP) is 10.9. The van der Waals surface area contributed by atoms with E-state index < -0.39 is 72.0 Å². The summed E-state index contributed by atoms with van der Waals surface area (Å²) < 4.78 is 86.6. The zero-order valence-corrected chi connectivity index (χ0v) is 85.0. The van der Waals surface area contributed by atoms with Gasteiger partial charge < -0.3 is 64.1 Å². The zero-order valence-electron chi connectivity index (χ0n) is 73.8. The van der Waals surface area contributed by atoms with Crippen molar-refractivity contribution >= 4 is 121 Å². The molecule has 4 amide bonds. The van der Waals surface area contributed by atoms with Crippen LogP contribution in [-0.2, 0) is 135 Å². The number of aliphatic carboxylic acids is 1. The molecule has 2 aliphatic heterocycles. The number of rotatable bonds is 28. The number of carbonyl (C=O) groups is 7. The largest absolute Gasteiger partial charge is 2.00 e. The van der Waals surface area contributed by atoms with Crippen molar-refractivity contribution in [3.05, 3.63) is 73.3 Å². The first-order valence-electron chi connectivity index (χ1n) is 40.2. The van der Waals surface area contributed by atoms with Crippen LogP contribution in [0.15, 0.2) is 52.8 Å². The molecule has 0 radical (unpaired) electrons. The summed E-state index contributed by atoms with van der Waals surface area (Å²) in [6, 6.07) is 0. The van der Waals surface area contributed by atoms with E-state index in [1.165, 1.54) is 37.4 Å². The van der Waals surface area contributed by atoms with Gasteiger partial charge in [-0.25, -0.2) is 56.0 Å². The maximum absolute atomic E-state index is 14.0. The SMILES string of the molecule is CC(=O)Nc1[n-]c(C=C2N=C(NC(=O)C(C)SCCCS(=O)(=O)[O-])C(C(=O)OC3C(C)CC(C)CC3C)=C2C)c(C)c1COOC1C(C)CC(C)CC1C.CC(=O)Nc1[nH]c(/C=C2\N=C(NC(=O)C(C)SCCCS(=O)(=O)[O-])C(C(=O)OC3C(C)CC(C)CC3C)=C2C)c(C)c1COOC1C(C)CC(C)CC1C.CC(=O)O.C[c-]1oo1.[Na+].[Zn+2].[Zn]. The Hall–Kier alpha value is -4.77. The molecule has 5 heterocycles. The molecule has 4 saturated carbocycles. The van der Waals surface area contributed by atoms with Gasteiger partial charge in [0.1, 0.15) is 60.0 Å². The Morgan fingerprint density at radius 1 is 0.563 bits per heavy atom. The van der Waals surface area contributed by atoms with Crippen molar-refractivity contribution < 1.29 is 171 Å². The normalized spacial score (nSPS) is 26.7. The van der Waals surface area contributed by atoms with Gasteiger partial charge in [-0.05, 0) is 241 Å². The van der Waals surface area contributed by atoms with Crippen LogP contribution in [0.1, 0.15) is 235 Å². The van der Waals surface area contributed by atoms with Gasteiger partial charge in [0, 0.05) is 62.0 Å². The summed E-state index contributed by atoms with van der Waals surface area (Å²) in [6.45, 7) is 42.3. The number of aryl methyl sites for hydroxylation is 1. The van der Waals surface area contributed by atoms with Crippen LogP contribution in [0.3, 0.4) is 0 Å². The maximum Gasteiger partial charge on any atom is 2.00 e. The van der Waals surface area contributed by atoms with Crippen LogP contribution in [-0.4, -0.2) is 147 Å². The van der Waals surface area contributed by atoms with Crippen LogP contribution in [0.4, 0.5) is 11.6 Å². The van der Waals surface area contributed by atoms with Crippen LogP contribution in [0, 0.1) is 91.8 Å². The molecule has 0 spiro atoms. The number of aromatic amines is 1. The van der Waals surface area contributed by atoms with Crippen molar-refractivity contribution in [2.45, 2.75) is 265 Å². The average molecular weight is 1860 g/mol. The summed E-state index contributed by atoms with van der Waals surface area (Å²) in [7, 11) is -8.70. The number of carbonyl (C=O) groups excluding carboxylic acids is 6. The van der Waals surface area contributed by atoms with E-state index in [-0.39, 0.29) is 189 Å². The Kier molecular flexibility index (Phi) is 45.4. The molecule has 3 aromatic heterocycles. The number of carboxylic acid groups (broad SMARTS) is 1. The number of hydrogen-bond acceptors (Lipinski definition) is 25. The number of H-pyrrole nitrogens is 1. The number of esters is 2. The van der Waals surface area contributed by atoms with Crippen molar-refractivity contribution in [3.63, 3.8) is 0 Å². The minimum Gasteiger partial charge on any atom is -0.748 e. The van der Waals surface area contributed by atoms with Crippen molar-refractivity contribution in [1.82, 2.24) is 20.6 Å². The first-order valence-corrected chi connectivity index (χ1v) is 45.4. The van der Waals surface area contributed by atoms with Gasteiger partial charge in [0.05, 0.1) is 54.3 Å². The Morgan fingerprint density at radius 2 is 0.891 bits per heavy atom. The Morgan fingerprint density at radius 3 is 1.22 bits per heavy atom. The molecule has 0 aromatic carbocycles. The molecular formula is C82H124N8NaO22S4Zn2-. The van der Waals surface area contributed by atoms with E-state index in [0.717, 1.165) is 69.4 Å². The molecule has 0 saturated heterocycles. The first-order chi connectivity index (χ1) is 54.1. The minimum absolute atomic E-state index is 0. The summed E-state index contributed by atoms with van der Waals surface area (Å²) >= 11 is 2.39. The fraction of sp³-hybridized carbons (Fsp3) is 0.683. The second-order valence-electron chi connectivity index (χ2n) is 33.2. The topological polar surface area (TPSA) is 439 Å². The predicted molar refractivity (Wildman–Crippen MR) is 444 cm³/mol. The second kappa shape index (κ2) is 49.8. The smallest absolute Gasteiger partial charge is 0.748 e. The second-order valence-corrected chi connectivity index (χ2v) is 39.2. The number of nitrogens with one attached hydrogen (secondary N) is 5. The van der Waals surface area contributed by atoms with E-state index in [1.54, 1.807) is 46.8 Å². The molecule has 119 heavy (non-hydrogen) atoms. The van der Waals surface area contributed by atoms with E-state index in [1.807, 2.05) is 13.8 Å². The molecule has 10 atom stereocenters. The van der Waals surface area contributed by atoms with Gasteiger partial charge in [-0.3, -0.25) is 24.0 Å². The molecule has 10 unspecified atom stereocenters. The van der Waals surface area contributed by atoms with Crippen molar-refractivity contribution in [1.29, 1.82) is 0 Å². The standard InChI is InChI=1S/2C39H60N4O9S2.C2H3O2.C2H4O2.Na.2Zn/c2*1-20-14-22(3)34(23(4)15-20)51-39(46)33-27(8)32(42-37(33)43-38(45)28(9)53-12-11-13-54(47,48)49)18-31-26(7)30(36(41-31)40-29(10)44)19-50-52-35-24(5)16-21(2)17-25(35)6;1-2-3-4-2;1-2(3)4;;;/h18,20-25,28,34-35H,11-17,19H2,1-10H3,(H4,40,41,42,43,44,45,46,47,48,49);18,20-25,28,34-35,41H,11-17,19H2,1-10H3,(H,40,44)(H,42,43,45)(H,47,48,49);1H3;1H3,(H,3,4);;;/q;;-1;;+1;;+2/p-3/b;32-18-;;;;;. The van der Waals surface area contributed by atoms with E-state index >= 15 is 0 Å². The molecule has 654 valence electrons. The third-order valence-corrected chi connectivity index (χ3v) is 26.1. The molecule has 6 aliphatic rings. The molecule has 30 nitrogen and oxygen atoms in total. The summed E-state index contributed by atoms with van der Waals surface area (Å²) in [4.78, 5) is 129. The third-order valence-electron chi connectivity index (χ3n) is 22.0. The summed E-state index contributed by atoms with van der Waals surface area (Å²) in [5.74, 6) is 1.88. The van der Waals surface area contributed by atoms with Gasteiger partial charge >= 0.3 is 61.0 Å².